The minimum atomic E-state index is -0.551. The Morgan fingerprint density at radius 3 is 2.67 bits per heavy atom. The lowest BCUT2D eigenvalue weighted by atomic mass is 10.3. The molecule has 5 heteroatoms. The molecule has 0 spiro atoms. The van der Waals surface area contributed by atoms with Crippen molar-refractivity contribution in [1.82, 2.24) is 0 Å². The van der Waals surface area contributed by atoms with Gasteiger partial charge < -0.3 is 15.6 Å². The van der Waals surface area contributed by atoms with Gasteiger partial charge in [-0.3, -0.25) is 0 Å². The summed E-state index contributed by atoms with van der Waals surface area (Å²) in [7, 11) is 0. The molecule has 15 heavy (non-hydrogen) atoms. The van der Waals surface area contributed by atoms with Gasteiger partial charge in [0, 0.05) is 6.07 Å². The minimum Gasteiger partial charge on any atom is -0.491 e. The van der Waals surface area contributed by atoms with E-state index in [1.54, 1.807) is 18.2 Å². The first-order valence-corrected chi connectivity index (χ1v) is 5.35. The summed E-state index contributed by atoms with van der Waals surface area (Å²) in [4.78, 5) is 0. The Balaban J connectivity index is 2.47. The third-order valence-electron chi connectivity index (χ3n) is 1.83. The number of benzene rings is 1. The van der Waals surface area contributed by atoms with Crippen LogP contribution in [-0.4, -0.2) is 24.4 Å². The molecule has 3 N–H and O–H groups in total. The highest BCUT2D eigenvalue weighted by atomic mass is 35.5. The molecule has 1 atom stereocenters. The molecule has 1 aromatic rings. The van der Waals surface area contributed by atoms with Crippen molar-refractivity contribution in [3.8, 4) is 5.75 Å². The van der Waals surface area contributed by atoms with Crippen LogP contribution in [0.4, 0.5) is 0 Å². The minimum absolute atomic E-state index is 0.204. The van der Waals surface area contributed by atoms with E-state index in [0.29, 0.717) is 28.8 Å². The number of hydrogen-bond acceptors (Lipinski definition) is 3. The van der Waals surface area contributed by atoms with Crippen molar-refractivity contribution in [2.75, 3.05) is 13.2 Å². The number of nitrogens with two attached hydrogens (primary N) is 1. The molecule has 0 radical (unpaired) electrons. The first kappa shape index (κ1) is 12.6. The maximum Gasteiger partial charge on any atom is 0.121 e. The molecule has 0 amide bonds. The lowest BCUT2D eigenvalue weighted by Crippen LogP contribution is -2.21. The van der Waals surface area contributed by atoms with Gasteiger partial charge in [0.1, 0.15) is 12.4 Å². The molecule has 0 aliphatic heterocycles. The van der Waals surface area contributed by atoms with Gasteiger partial charge in [-0.25, -0.2) is 0 Å². The van der Waals surface area contributed by atoms with E-state index in [9.17, 15) is 5.11 Å². The molecule has 1 unspecified atom stereocenters. The Labute approximate surface area is 98.7 Å². The van der Waals surface area contributed by atoms with Gasteiger partial charge in [0.05, 0.1) is 16.1 Å². The van der Waals surface area contributed by atoms with Crippen LogP contribution in [0.3, 0.4) is 0 Å². The predicted molar refractivity (Wildman–Crippen MR) is 61.6 cm³/mol. The average Bonchev–Trinajstić information content (AvgIpc) is 2.20. The summed E-state index contributed by atoms with van der Waals surface area (Å²) in [6.45, 7) is 0.640. The van der Waals surface area contributed by atoms with Gasteiger partial charge in [0.2, 0.25) is 0 Å². The van der Waals surface area contributed by atoms with Crippen LogP contribution in [0.5, 0.6) is 5.75 Å². The van der Waals surface area contributed by atoms with E-state index < -0.39 is 6.10 Å². The van der Waals surface area contributed by atoms with Crippen LogP contribution in [0.25, 0.3) is 0 Å². The van der Waals surface area contributed by atoms with Crippen LogP contribution in [0.1, 0.15) is 6.42 Å². The first-order chi connectivity index (χ1) is 7.13. The average molecular weight is 250 g/mol. The van der Waals surface area contributed by atoms with Crippen LogP contribution < -0.4 is 10.5 Å². The standard InChI is InChI=1S/C10H13Cl2NO2/c11-9-2-1-8(5-10(9)12)15-6-7(14)3-4-13/h1-2,5,7,14H,3-4,6,13H2. The SMILES string of the molecule is NCCC(O)COc1ccc(Cl)c(Cl)c1. The highest BCUT2D eigenvalue weighted by molar-refractivity contribution is 6.42. The van der Waals surface area contributed by atoms with Gasteiger partial charge in [-0.15, -0.1) is 0 Å². The second-order valence-corrected chi connectivity index (χ2v) is 3.93. The summed E-state index contributed by atoms with van der Waals surface area (Å²) in [5.41, 5.74) is 5.29. The van der Waals surface area contributed by atoms with E-state index >= 15 is 0 Å². The lowest BCUT2D eigenvalue weighted by molar-refractivity contribution is 0.102. The van der Waals surface area contributed by atoms with Crippen LogP contribution in [0.2, 0.25) is 10.0 Å². The normalized spacial score (nSPS) is 12.5. The van der Waals surface area contributed by atoms with Crippen molar-refractivity contribution in [1.29, 1.82) is 0 Å². The van der Waals surface area contributed by atoms with E-state index in [1.165, 1.54) is 0 Å². The van der Waals surface area contributed by atoms with E-state index in [4.69, 9.17) is 33.7 Å². The van der Waals surface area contributed by atoms with Gasteiger partial charge in [0.15, 0.2) is 0 Å². The summed E-state index contributed by atoms with van der Waals surface area (Å²) < 4.78 is 5.31. The number of halogens is 2. The highest BCUT2D eigenvalue weighted by Crippen LogP contribution is 2.26. The monoisotopic (exact) mass is 249 g/mol. The van der Waals surface area contributed by atoms with Gasteiger partial charge in [-0.05, 0) is 25.1 Å². The Kier molecular flexibility index (Phi) is 5.19. The first-order valence-electron chi connectivity index (χ1n) is 4.59. The zero-order valence-corrected chi connectivity index (χ0v) is 9.63. The summed E-state index contributed by atoms with van der Waals surface area (Å²) in [6, 6.07) is 4.96. The van der Waals surface area contributed by atoms with E-state index in [-0.39, 0.29) is 6.61 Å². The number of ether oxygens (including phenoxy) is 1. The van der Waals surface area contributed by atoms with Crippen LogP contribution in [-0.2, 0) is 0 Å². The van der Waals surface area contributed by atoms with Crippen molar-refractivity contribution in [3.63, 3.8) is 0 Å². The molecule has 0 heterocycles. The topological polar surface area (TPSA) is 55.5 Å². The van der Waals surface area contributed by atoms with Crippen molar-refractivity contribution in [2.24, 2.45) is 5.73 Å². The molecular formula is C10H13Cl2NO2. The molecule has 0 aromatic heterocycles. The van der Waals surface area contributed by atoms with Gasteiger partial charge in [-0.2, -0.15) is 0 Å². The molecule has 1 aromatic carbocycles. The zero-order valence-electron chi connectivity index (χ0n) is 8.12. The maximum absolute atomic E-state index is 9.37. The summed E-state index contributed by atoms with van der Waals surface area (Å²) >= 11 is 11.5. The maximum atomic E-state index is 9.37. The largest absolute Gasteiger partial charge is 0.491 e. The van der Waals surface area contributed by atoms with Crippen molar-refractivity contribution in [3.05, 3.63) is 28.2 Å². The molecule has 0 aliphatic rings. The quantitative estimate of drug-likeness (QED) is 0.841. The van der Waals surface area contributed by atoms with Crippen LogP contribution in [0, 0.1) is 0 Å². The molecule has 84 valence electrons. The molecule has 0 fully saturated rings. The predicted octanol–water partition coefficient (Wildman–Crippen LogP) is 2.08. The fourth-order valence-electron chi connectivity index (χ4n) is 1.03. The van der Waals surface area contributed by atoms with Crippen LogP contribution >= 0.6 is 23.2 Å². The molecule has 0 saturated carbocycles. The number of hydrogen-bond donors (Lipinski definition) is 2. The summed E-state index contributed by atoms with van der Waals surface area (Å²) in [5, 5.41) is 10.3. The molecule has 3 nitrogen and oxygen atoms in total. The molecule has 0 saturated heterocycles. The van der Waals surface area contributed by atoms with Crippen LogP contribution in [0.15, 0.2) is 18.2 Å². The molecule has 0 aliphatic carbocycles. The zero-order chi connectivity index (χ0) is 11.3. The Bertz CT molecular complexity index is 320. The third kappa shape index (κ3) is 4.26. The van der Waals surface area contributed by atoms with Gasteiger partial charge >= 0.3 is 0 Å². The van der Waals surface area contributed by atoms with Crippen molar-refractivity contribution in [2.45, 2.75) is 12.5 Å². The smallest absolute Gasteiger partial charge is 0.121 e. The van der Waals surface area contributed by atoms with E-state index in [2.05, 4.69) is 0 Å². The molecule has 0 bridgehead atoms. The Hall–Kier alpha value is -0.480. The third-order valence-corrected chi connectivity index (χ3v) is 2.57. The second-order valence-electron chi connectivity index (χ2n) is 3.12. The lowest BCUT2D eigenvalue weighted by Gasteiger charge is -2.11. The number of aliphatic hydroxyl groups excluding tert-OH is 1. The number of rotatable bonds is 5. The summed E-state index contributed by atoms with van der Waals surface area (Å²) in [6.07, 6.45) is -0.0362. The Morgan fingerprint density at radius 1 is 1.33 bits per heavy atom. The van der Waals surface area contributed by atoms with E-state index in [1.807, 2.05) is 0 Å². The van der Waals surface area contributed by atoms with Crippen molar-refractivity contribution >= 4 is 23.2 Å². The van der Waals surface area contributed by atoms with Gasteiger partial charge in [-0.1, -0.05) is 23.2 Å². The molecular weight excluding hydrogens is 237 g/mol. The van der Waals surface area contributed by atoms with E-state index in [0.717, 1.165) is 0 Å². The Morgan fingerprint density at radius 2 is 2.07 bits per heavy atom. The summed E-state index contributed by atoms with van der Waals surface area (Å²) in [5.74, 6) is 0.584. The molecule has 1 rings (SSSR count). The second kappa shape index (κ2) is 6.18. The highest BCUT2D eigenvalue weighted by Gasteiger charge is 2.05. The fourth-order valence-corrected chi connectivity index (χ4v) is 1.32. The fraction of sp³-hybridized carbons (Fsp3) is 0.400. The van der Waals surface area contributed by atoms with Crippen molar-refractivity contribution < 1.29 is 9.84 Å². The van der Waals surface area contributed by atoms with Gasteiger partial charge in [0.25, 0.3) is 0 Å². The number of aliphatic hydroxyl groups is 1.